The fourth-order valence-corrected chi connectivity index (χ4v) is 3.03. The number of halogens is 1. The molecule has 1 aromatic rings. The molecule has 0 aromatic heterocycles. The molecule has 20 heavy (non-hydrogen) atoms. The maximum absolute atomic E-state index is 13.2. The van der Waals surface area contributed by atoms with Crippen LogP contribution in [0.5, 0.6) is 0 Å². The van der Waals surface area contributed by atoms with Crippen molar-refractivity contribution in [1.29, 1.82) is 0 Å². The van der Waals surface area contributed by atoms with Crippen LogP contribution < -0.4 is 10.2 Å². The third-order valence-electron chi connectivity index (χ3n) is 4.01. The van der Waals surface area contributed by atoms with Crippen LogP contribution in [-0.4, -0.2) is 23.9 Å². The van der Waals surface area contributed by atoms with Gasteiger partial charge in [-0.05, 0) is 31.0 Å². The van der Waals surface area contributed by atoms with Gasteiger partial charge >= 0.3 is 0 Å². The Morgan fingerprint density at radius 1 is 1.20 bits per heavy atom. The summed E-state index contributed by atoms with van der Waals surface area (Å²) in [4.78, 5) is 25.5. The molecule has 1 saturated carbocycles. The molecule has 1 aromatic carbocycles. The van der Waals surface area contributed by atoms with E-state index in [1.165, 1.54) is 31.0 Å². The topological polar surface area (TPSA) is 49.4 Å². The molecule has 3 rings (SSSR count). The Morgan fingerprint density at radius 2 is 1.95 bits per heavy atom. The van der Waals surface area contributed by atoms with Crippen LogP contribution in [0.3, 0.4) is 0 Å². The van der Waals surface area contributed by atoms with E-state index in [0.717, 1.165) is 17.7 Å². The Bertz CT molecular complexity index is 540. The van der Waals surface area contributed by atoms with Gasteiger partial charge in [-0.25, -0.2) is 9.29 Å². The predicted molar refractivity (Wildman–Crippen MR) is 72.7 cm³/mol. The third-order valence-corrected chi connectivity index (χ3v) is 4.01. The minimum atomic E-state index is -0.464. The van der Waals surface area contributed by atoms with E-state index in [1.807, 2.05) is 0 Å². The summed E-state index contributed by atoms with van der Waals surface area (Å²) in [5, 5.41) is 3.27. The first-order chi connectivity index (χ1) is 9.65. The molecule has 0 spiro atoms. The molecule has 0 bridgehead atoms. The van der Waals surface area contributed by atoms with E-state index in [1.54, 1.807) is 6.07 Å². The zero-order valence-electron chi connectivity index (χ0n) is 11.1. The Morgan fingerprint density at radius 3 is 2.65 bits per heavy atom. The molecule has 2 aliphatic rings. The first-order valence-electron chi connectivity index (χ1n) is 7.03. The van der Waals surface area contributed by atoms with E-state index in [0.29, 0.717) is 11.7 Å². The number of imide groups is 1. The lowest BCUT2D eigenvalue weighted by atomic mass is 10.2. The number of carbonyl (C=O) groups is 2. The molecule has 5 heteroatoms. The van der Waals surface area contributed by atoms with E-state index in [-0.39, 0.29) is 18.2 Å². The van der Waals surface area contributed by atoms with Crippen molar-refractivity contribution in [1.82, 2.24) is 5.32 Å². The molecule has 1 aliphatic heterocycles. The van der Waals surface area contributed by atoms with Crippen LogP contribution in [0.4, 0.5) is 10.1 Å². The van der Waals surface area contributed by atoms with E-state index in [2.05, 4.69) is 5.32 Å². The maximum Gasteiger partial charge on any atom is 0.251 e. The highest BCUT2D eigenvalue weighted by Gasteiger charge is 2.40. The first-order valence-corrected chi connectivity index (χ1v) is 7.03. The van der Waals surface area contributed by atoms with Gasteiger partial charge in [0.25, 0.3) is 5.91 Å². The van der Waals surface area contributed by atoms with Crippen molar-refractivity contribution in [3.05, 3.63) is 30.1 Å². The largest absolute Gasteiger partial charge is 0.303 e. The van der Waals surface area contributed by atoms with Crippen molar-refractivity contribution < 1.29 is 14.0 Å². The Balaban J connectivity index is 1.76. The molecule has 1 aliphatic carbocycles. The average Bonchev–Trinajstić information content (AvgIpc) is 2.99. The van der Waals surface area contributed by atoms with Gasteiger partial charge in [-0.15, -0.1) is 0 Å². The highest BCUT2D eigenvalue weighted by molar-refractivity contribution is 6.22. The number of carbonyl (C=O) groups excluding carboxylic acids is 2. The van der Waals surface area contributed by atoms with Crippen LogP contribution in [-0.2, 0) is 9.59 Å². The molecule has 0 radical (unpaired) electrons. The van der Waals surface area contributed by atoms with E-state index in [9.17, 15) is 14.0 Å². The molecule has 1 unspecified atom stereocenters. The van der Waals surface area contributed by atoms with Gasteiger partial charge in [-0.1, -0.05) is 18.9 Å². The summed E-state index contributed by atoms with van der Waals surface area (Å²) in [7, 11) is 0. The number of benzene rings is 1. The Labute approximate surface area is 117 Å². The molecule has 1 heterocycles. The third kappa shape index (κ3) is 2.45. The highest BCUT2D eigenvalue weighted by atomic mass is 19.1. The molecular formula is C15H17FN2O2. The molecule has 106 valence electrons. The summed E-state index contributed by atoms with van der Waals surface area (Å²) in [6.07, 6.45) is 4.60. The van der Waals surface area contributed by atoms with Crippen LogP contribution >= 0.6 is 0 Å². The van der Waals surface area contributed by atoms with E-state index in [4.69, 9.17) is 0 Å². The van der Waals surface area contributed by atoms with Crippen molar-refractivity contribution in [3.8, 4) is 0 Å². The molecule has 1 N–H and O–H groups in total. The van der Waals surface area contributed by atoms with Gasteiger partial charge in [0.2, 0.25) is 5.91 Å². The summed E-state index contributed by atoms with van der Waals surface area (Å²) in [6.45, 7) is 0. The number of rotatable bonds is 3. The minimum absolute atomic E-state index is 0.159. The lowest BCUT2D eigenvalue weighted by molar-refractivity contribution is -0.121. The van der Waals surface area contributed by atoms with Crippen LogP contribution in [0.25, 0.3) is 0 Å². The highest BCUT2D eigenvalue weighted by Crippen LogP contribution is 2.25. The Hall–Kier alpha value is -1.75. The van der Waals surface area contributed by atoms with E-state index < -0.39 is 11.9 Å². The monoisotopic (exact) mass is 276 g/mol. The molecule has 2 amide bonds. The van der Waals surface area contributed by atoms with Crippen molar-refractivity contribution in [2.24, 2.45) is 0 Å². The average molecular weight is 276 g/mol. The predicted octanol–water partition coefficient (Wildman–Crippen LogP) is 1.99. The van der Waals surface area contributed by atoms with Crippen LogP contribution in [0.2, 0.25) is 0 Å². The van der Waals surface area contributed by atoms with Crippen molar-refractivity contribution in [2.45, 2.75) is 44.2 Å². The van der Waals surface area contributed by atoms with Gasteiger partial charge in [-0.2, -0.15) is 0 Å². The quantitative estimate of drug-likeness (QED) is 0.859. The molecule has 1 saturated heterocycles. The number of hydrogen-bond acceptors (Lipinski definition) is 3. The molecule has 2 fully saturated rings. The lowest BCUT2D eigenvalue weighted by Crippen LogP contribution is -2.43. The molecule has 4 nitrogen and oxygen atoms in total. The summed E-state index contributed by atoms with van der Waals surface area (Å²) < 4.78 is 13.2. The number of hydrogen-bond donors (Lipinski definition) is 1. The summed E-state index contributed by atoms with van der Waals surface area (Å²) in [5.74, 6) is -0.987. The zero-order chi connectivity index (χ0) is 14.1. The smallest absolute Gasteiger partial charge is 0.251 e. The van der Waals surface area contributed by atoms with Gasteiger partial charge in [0.05, 0.1) is 18.2 Å². The van der Waals surface area contributed by atoms with Gasteiger partial charge in [-0.3, -0.25) is 9.59 Å². The van der Waals surface area contributed by atoms with Crippen LogP contribution in [0, 0.1) is 5.82 Å². The van der Waals surface area contributed by atoms with Crippen molar-refractivity contribution in [2.75, 3.05) is 4.90 Å². The maximum atomic E-state index is 13.2. The zero-order valence-corrected chi connectivity index (χ0v) is 11.1. The summed E-state index contributed by atoms with van der Waals surface area (Å²) >= 11 is 0. The number of anilines is 1. The van der Waals surface area contributed by atoms with Crippen LogP contribution in [0.1, 0.15) is 32.1 Å². The van der Waals surface area contributed by atoms with Gasteiger partial charge < -0.3 is 5.32 Å². The number of nitrogens with zero attached hydrogens (tertiary/aromatic N) is 1. The van der Waals surface area contributed by atoms with Crippen molar-refractivity contribution in [3.63, 3.8) is 0 Å². The summed E-state index contributed by atoms with van der Waals surface area (Å²) in [6, 6.07) is 5.45. The van der Waals surface area contributed by atoms with Gasteiger partial charge in [0, 0.05) is 6.04 Å². The Kier molecular flexibility index (Phi) is 3.53. The summed E-state index contributed by atoms with van der Waals surface area (Å²) in [5.41, 5.74) is 0.315. The fraction of sp³-hybridized carbons (Fsp3) is 0.467. The SMILES string of the molecule is O=C1CC(NC2CCCC2)C(=O)N1c1cccc(F)c1. The number of nitrogens with one attached hydrogen (secondary N) is 1. The van der Waals surface area contributed by atoms with Gasteiger partial charge in [0.1, 0.15) is 5.82 Å². The second-order valence-electron chi connectivity index (χ2n) is 5.45. The second-order valence-corrected chi connectivity index (χ2v) is 5.45. The lowest BCUT2D eigenvalue weighted by Gasteiger charge is -2.18. The van der Waals surface area contributed by atoms with E-state index >= 15 is 0 Å². The normalized spacial score (nSPS) is 23.9. The molecular weight excluding hydrogens is 259 g/mol. The second kappa shape index (κ2) is 5.32. The fourth-order valence-electron chi connectivity index (χ4n) is 3.03. The van der Waals surface area contributed by atoms with Crippen molar-refractivity contribution >= 4 is 17.5 Å². The first kappa shape index (κ1) is 13.2. The number of amides is 2. The van der Waals surface area contributed by atoms with Crippen LogP contribution in [0.15, 0.2) is 24.3 Å². The minimum Gasteiger partial charge on any atom is -0.303 e. The van der Waals surface area contributed by atoms with Gasteiger partial charge in [0.15, 0.2) is 0 Å². The standard InChI is InChI=1S/C15H17FN2O2/c16-10-4-3-7-12(8-10)18-14(19)9-13(15(18)20)17-11-5-1-2-6-11/h3-4,7-8,11,13,17H,1-2,5-6,9H2. The molecule has 1 atom stereocenters.